The molecule has 0 unspecified atom stereocenters. The van der Waals surface area contributed by atoms with Gasteiger partial charge in [-0.15, -0.1) is 10.2 Å². The summed E-state index contributed by atoms with van der Waals surface area (Å²) in [5.41, 5.74) is 0. The molecule has 0 aliphatic carbocycles. The minimum atomic E-state index is 0.759. The second-order valence-corrected chi connectivity index (χ2v) is 1.82. The predicted molar refractivity (Wildman–Crippen MR) is 29.8 cm³/mol. The summed E-state index contributed by atoms with van der Waals surface area (Å²) in [5.74, 6) is 0.759. The van der Waals surface area contributed by atoms with Crippen LogP contribution in [0.4, 0.5) is 0 Å². The summed E-state index contributed by atoms with van der Waals surface area (Å²) in [6.45, 7) is 0. The molecule has 46 valence electrons. The average molecular weight is 123 g/mol. The lowest BCUT2D eigenvalue weighted by Crippen LogP contribution is -1.85. The predicted octanol–water partition coefficient (Wildman–Crippen LogP) is -0.537. The molecule has 0 bridgehead atoms. The lowest BCUT2D eigenvalue weighted by Gasteiger charge is -1.80. The largest absolute Gasteiger partial charge is 0.301 e. The van der Waals surface area contributed by atoms with Gasteiger partial charge in [-0.1, -0.05) is 0 Å². The van der Waals surface area contributed by atoms with Crippen molar-refractivity contribution in [3.63, 3.8) is 0 Å². The molecule has 0 saturated carbocycles. The number of aromatic nitrogens is 5. The fourth-order valence-electron chi connectivity index (χ4n) is 0.722. The second kappa shape index (κ2) is 1.31. The van der Waals surface area contributed by atoms with Gasteiger partial charge in [0.15, 0.2) is 0 Å². The molecular formula is C4H5N5. The van der Waals surface area contributed by atoms with E-state index in [4.69, 9.17) is 0 Å². The molecule has 5 nitrogen and oxygen atoms in total. The normalized spacial score (nSPS) is 10.8. The van der Waals surface area contributed by atoms with Crippen LogP contribution in [0.15, 0.2) is 12.7 Å². The molecule has 0 aliphatic heterocycles. The van der Waals surface area contributed by atoms with Crippen molar-refractivity contribution in [1.82, 2.24) is 24.4 Å². The van der Waals surface area contributed by atoms with Crippen molar-refractivity contribution in [2.24, 2.45) is 7.05 Å². The minimum Gasteiger partial charge on any atom is -0.301 e. The molecule has 9 heavy (non-hydrogen) atoms. The third-order valence-electron chi connectivity index (χ3n) is 1.18. The van der Waals surface area contributed by atoms with Crippen LogP contribution >= 0.6 is 0 Å². The van der Waals surface area contributed by atoms with Crippen LogP contribution in [-0.4, -0.2) is 24.4 Å². The van der Waals surface area contributed by atoms with Crippen LogP contribution in [0, 0.1) is 0 Å². The van der Waals surface area contributed by atoms with E-state index in [0.717, 1.165) is 5.78 Å². The second-order valence-electron chi connectivity index (χ2n) is 1.82. The summed E-state index contributed by atoms with van der Waals surface area (Å²) in [4.78, 5) is 0. The lowest BCUT2D eigenvalue weighted by atomic mass is 11.0. The van der Waals surface area contributed by atoms with Gasteiger partial charge in [-0.2, -0.15) is 9.61 Å². The van der Waals surface area contributed by atoms with Gasteiger partial charge in [-0.25, -0.2) is 0 Å². The van der Waals surface area contributed by atoms with Crippen LogP contribution in [-0.2, 0) is 7.05 Å². The molecule has 0 spiro atoms. The molecule has 0 amide bonds. The Kier molecular flexibility index (Phi) is 0.652. The van der Waals surface area contributed by atoms with E-state index in [1.165, 1.54) is 0 Å². The summed E-state index contributed by atoms with van der Waals surface area (Å²) in [7, 11) is 1.87. The van der Waals surface area contributed by atoms with Crippen LogP contribution in [0.2, 0.25) is 0 Å². The van der Waals surface area contributed by atoms with Crippen LogP contribution in [0.5, 0.6) is 0 Å². The van der Waals surface area contributed by atoms with Crippen LogP contribution in [0.1, 0.15) is 0 Å². The lowest BCUT2D eigenvalue weighted by molar-refractivity contribution is 0.906. The van der Waals surface area contributed by atoms with Crippen LogP contribution < -0.4 is 0 Å². The maximum absolute atomic E-state index is 3.93. The Labute approximate surface area is 50.9 Å². The smallest absolute Gasteiger partial charge is 0.253 e. The van der Waals surface area contributed by atoms with Crippen molar-refractivity contribution < 1.29 is 0 Å². The zero-order valence-corrected chi connectivity index (χ0v) is 4.89. The van der Waals surface area contributed by atoms with Crippen molar-refractivity contribution in [1.29, 1.82) is 0 Å². The third kappa shape index (κ3) is 0.453. The van der Waals surface area contributed by atoms with Crippen molar-refractivity contribution in [3.05, 3.63) is 12.7 Å². The Morgan fingerprint density at radius 1 is 1.44 bits per heavy atom. The topological polar surface area (TPSA) is 48.0 Å². The molecule has 2 aromatic heterocycles. The summed E-state index contributed by atoms with van der Waals surface area (Å²) < 4.78 is 3.41. The zero-order valence-electron chi connectivity index (χ0n) is 4.89. The molecule has 0 N–H and O–H groups in total. The van der Waals surface area contributed by atoms with Crippen LogP contribution in [0.25, 0.3) is 5.78 Å². The highest BCUT2D eigenvalue weighted by atomic mass is 15.4. The van der Waals surface area contributed by atoms with Gasteiger partial charge in [0.05, 0.1) is 0 Å². The van der Waals surface area contributed by atoms with Crippen LogP contribution in [0.3, 0.4) is 0 Å². The monoisotopic (exact) mass is 123 g/mol. The van der Waals surface area contributed by atoms with E-state index in [1.807, 2.05) is 7.05 Å². The summed E-state index contributed by atoms with van der Waals surface area (Å²) in [5, 5.41) is 11.4. The quantitative estimate of drug-likeness (QED) is 0.472. The first kappa shape index (κ1) is 4.49. The minimum absolute atomic E-state index is 0.759. The van der Waals surface area contributed by atoms with Crippen molar-refractivity contribution in [2.45, 2.75) is 0 Å². The number of rotatable bonds is 0. The summed E-state index contributed by atoms with van der Waals surface area (Å²) >= 11 is 0. The van der Waals surface area contributed by atoms with E-state index < -0.39 is 0 Å². The molecule has 5 heteroatoms. The SMILES string of the molecule is Cn1cnn2cnnc12. The van der Waals surface area contributed by atoms with Gasteiger partial charge in [0.25, 0.3) is 5.78 Å². The molecule has 2 rings (SSSR count). The maximum Gasteiger partial charge on any atom is 0.253 e. The van der Waals surface area contributed by atoms with Gasteiger partial charge < -0.3 is 4.57 Å². The van der Waals surface area contributed by atoms with E-state index in [9.17, 15) is 0 Å². The number of hydrogen-bond donors (Lipinski definition) is 0. The van der Waals surface area contributed by atoms with E-state index >= 15 is 0 Å². The maximum atomic E-state index is 3.93. The Balaban J connectivity index is 2.99. The molecule has 0 aromatic carbocycles. The standard InChI is InChI=1S/C4H5N5/c1-8-3-6-9-2-5-7-4(8)9/h2-3H,1H3. The van der Waals surface area contributed by atoms with E-state index in [2.05, 4.69) is 15.3 Å². The van der Waals surface area contributed by atoms with E-state index in [0.29, 0.717) is 0 Å². The van der Waals surface area contributed by atoms with E-state index in [-0.39, 0.29) is 0 Å². The fourth-order valence-corrected chi connectivity index (χ4v) is 0.722. The zero-order chi connectivity index (χ0) is 6.27. The Morgan fingerprint density at radius 2 is 2.33 bits per heavy atom. The first-order valence-electron chi connectivity index (χ1n) is 2.55. The number of fused-ring (bicyclic) bond motifs is 1. The molecule has 2 aromatic rings. The van der Waals surface area contributed by atoms with Crippen molar-refractivity contribution in [3.8, 4) is 0 Å². The van der Waals surface area contributed by atoms with Crippen molar-refractivity contribution in [2.75, 3.05) is 0 Å². The van der Waals surface area contributed by atoms with Gasteiger partial charge >= 0.3 is 0 Å². The van der Waals surface area contributed by atoms with Gasteiger partial charge in [-0.3, -0.25) is 0 Å². The first-order chi connectivity index (χ1) is 4.38. The molecule has 0 saturated heterocycles. The third-order valence-corrected chi connectivity index (χ3v) is 1.18. The highest BCUT2D eigenvalue weighted by Crippen LogP contribution is 1.91. The fraction of sp³-hybridized carbons (Fsp3) is 0.250. The Hall–Kier alpha value is -1.39. The number of nitrogens with zero attached hydrogens (tertiary/aromatic N) is 5. The van der Waals surface area contributed by atoms with Gasteiger partial charge in [0.2, 0.25) is 0 Å². The molecule has 0 fully saturated rings. The van der Waals surface area contributed by atoms with Gasteiger partial charge in [-0.05, 0) is 0 Å². The summed E-state index contributed by atoms with van der Waals surface area (Å²) in [6.07, 6.45) is 3.25. The van der Waals surface area contributed by atoms with Gasteiger partial charge in [0.1, 0.15) is 12.7 Å². The molecule has 2 heterocycles. The van der Waals surface area contributed by atoms with Crippen molar-refractivity contribution >= 4 is 5.78 Å². The first-order valence-corrected chi connectivity index (χ1v) is 2.55. The molecule has 0 aliphatic rings. The molecule has 0 radical (unpaired) electrons. The highest BCUT2D eigenvalue weighted by molar-refractivity contribution is 5.22. The number of aryl methyl sites for hydroxylation is 1. The molecule has 0 atom stereocenters. The summed E-state index contributed by atoms with van der Waals surface area (Å²) in [6, 6.07) is 0. The number of hydrogen-bond acceptors (Lipinski definition) is 3. The van der Waals surface area contributed by atoms with Gasteiger partial charge in [0, 0.05) is 7.05 Å². The highest BCUT2D eigenvalue weighted by Gasteiger charge is 1.96. The average Bonchev–Trinajstić information content (AvgIpc) is 2.35. The Bertz CT molecular complexity index is 318. The molecular weight excluding hydrogens is 118 g/mol. The Morgan fingerprint density at radius 3 is 3.11 bits per heavy atom. The van der Waals surface area contributed by atoms with E-state index in [1.54, 1.807) is 21.7 Å².